The molecule has 0 aliphatic heterocycles. The zero-order chi connectivity index (χ0) is 8.10. The second-order valence-corrected chi connectivity index (χ2v) is 1.90. The molecular formula is C8H9NaO3. The first-order valence-corrected chi connectivity index (χ1v) is 3.14. The van der Waals surface area contributed by atoms with E-state index < -0.39 is 5.97 Å². The van der Waals surface area contributed by atoms with Gasteiger partial charge in [-0.15, -0.1) is 0 Å². The topological polar surface area (TPSA) is 35.5 Å². The van der Waals surface area contributed by atoms with Crippen LogP contribution in [0.1, 0.15) is 11.8 Å². The van der Waals surface area contributed by atoms with E-state index in [0.29, 0.717) is 5.56 Å². The summed E-state index contributed by atoms with van der Waals surface area (Å²) in [4.78, 5) is 19.4. The summed E-state index contributed by atoms with van der Waals surface area (Å²) in [5.41, 5.74) is 0.481. The Kier molecular flexibility index (Phi) is 6.02. The maximum atomic E-state index is 10.9. The van der Waals surface area contributed by atoms with Gasteiger partial charge in [0.25, 0.3) is 0 Å². The molecule has 0 saturated carbocycles. The average molecular weight is 176 g/mol. The Morgan fingerprint density at radius 3 is 2.42 bits per heavy atom. The minimum atomic E-state index is -0.479. The molecule has 1 rings (SSSR count). The van der Waals surface area contributed by atoms with E-state index in [2.05, 4.69) is 9.78 Å². The second kappa shape index (κ2) is 6.20. The van der Waals surface area contributed by atoms with E-state index in [1.165, 1.54) is 7.11 Å². The molecular weight excluding hydrogens is 167 g/mol. The Balaban J connectivity index is 0. The molecule has 0 heterocycles. The monoisotopic (exact) mass is 176 g/mol. The van der Waals surface area contributed by atoms with Crippen LogP contribution in [0.15, 0.2) is 30.3 Å². The fourth-order valence-corrected chi connectivity index (χ4v) is 0.698. The summed E-state index contributed by atoms with van der Waals surface area (Å²) in [6.07, 6.45) is 0. The molecule has 0 unspecified atom stereocenters. The van der Waals surface area contributed by atoms with Gasteiger partial charge in [0.2, 0.25) is 0 Å². The fourth-order valence-electron chi connectivity index (χ4n) is 0.698. The summed E-state index contributed by atoms with van der Waals surface area (Å²) in [5.74, 6) is -0.479. The van der Waals surface area contributed by atoms with Gasteiger partial charge >= 0.3 is 35.5 Å². The normalized spacial score (nSPS) is 8.42. The van der Waals surface area contributed by atoms with Gasteiger partial charge in [-0.05, 0) is 12.1 Å². The van der Waals surface area contributed by atoms with Gasteiger partial charge in [0.15, 0.2) is 0 Å². The molecule has 0 atom stereocenters. The molecule has 0 bridgehead atoms. The molecule has 0 amide bonds. The van der Waals surface area contributed by atoms with Crippen LogP contribution in [0.5, 0.6) is 0 Å². The van der Waals surface area contributed by atoms with Gasteiger partial charge in [0.05, 0.1) is 12.7 Å². The zero-order valence-corrected chi connectivity index (χ0v) is 9.11. The van der Waals surface area contributed by atoms with Crippen LogP contribution in [0.2, 0.25) is 0 Å². The molecule has 3 nitrogen and oxygen atoms in total. The largest absolute Gasteiger partial charge is 1.00 e. The summed E-state index contributed by atoms with van der Waals surface area (Å²) >= 11 is 0. The van der Waals surface area contributed by atoms with Crippen LogP contribution in [0, 0.1) is 0 Å². The summed E-state index contributed by atoms with van der Waals surface area (Å²) < 4.78 is 0. The van der Waals surface area contributed by atoms with E-state index in [0.717, 1.165) is 0 Å². The second-order valence-electron chi connectivity index (χ2n) is 1.90. The smallest absolute Gasteiger partial charge is 1.00 e. The van der Waals surface area contributed by atoms with Gasteiger partial charge in [0.1, 0.15) is 0 Å². The van der Waals surface area contributed by atoms with Gasteiger partial charge < -0.3 is 1.43 Å². The minimum Gasteiger partial charge on any atom is -1.00 e. The Hall–Kier alpha value is -0.350. The molecule has 0 N–H and O–H groups in total. The number of benzene rings is 1. The maximum Gasteiger partial charge on any atom is 1.00 e. The standard InChI is InChI=1S/C8H8O3.Na.H/c1-10-11-8(9)7-5-3-2-4-6-7;;/h2-6H,1H3;;/q;+1;-1. The van der Waals surface area contributed by atoms with Gasteiger partial charge in [-0.1, -0.05) is 18.2 Å². The van der Waals surface area contributed by atoms with Crippen LogP contribution in [0.3, 0.4) is 0 Å². The van der Waals surface area contributed by atoms with Crippen molar-refractivity contribution in [2.45, 2.75) is 0 Å². The first kappa shape index (κ1) is 11.6. The molecule has 60 valence electrons. The van der Waals surface area contributed by atoms with Gasteiger partial charge in [0, 0.05) is 0 Å². The number of rotatable bonds is 2. The third-order valence-corrected chi connectivity index (χ3v) is 1.17. The predicted molar refractivity (Wildman–Crippen MR) is 40.0 cm³/mol. The van der Waals surface area contributed by atoms with Crippen molar-refractivity contribution >= 4 is 5.97 Å². The van der Waals surface area contributed by atoms with E-state index in [4.69, 9.17) is 0 Å². The summed E-state index contributed by atoms with van der Waals surface area (Å²) in [6.45, 7) is 0. The Bertz CT molecular complexity index is 240. The first-order chi connectivity index (χ1) is 5.34. The van der Waals surface area contributed by atoms with Crippen LogP contribution in [-0.2, 0) is 9.78 Å². The predicted octanol–water partition coefficient (Wildman–Crippen LogP) is -1.48. The summed E-state index contributed by atoms with van der Waals surface area (Å²) in [7, 11) is 1.29. The molecule has 0 spiro atoms. The molecule has 0 fully saturated rings. The Morgan fingerprint density at radius 1 is 1.33 bits per heavy atom. The molecule has 1 aromatic rings. The fraction of sp³-hybridized carbons (Fsp3) is 0.125. The van der Waals surface area contributed by atoms with Crippen molar-refractivity contribution in [1.29, 1.82) is 0 Å². The van der Waals surface area contributed by atoms with Crippen LogP contribution in [-0.4, -0.2) is 13.1 Å². The number of hydrogen-bond acceptors (Lipinski definition) is 3. The number of hydrogen-bond donors (Lipinski definition) is 0. The van der Waals surface area contributed by atoms with E-state index in [9.17, 15) is 4.79 Å². The van der Waals surface area contributed by atoms with Crippen LogP contribution in [0.25, 0.3) is 0 Å². The molecule has 12 heavy (non-hydrogen) atoms. The summed E-state index contributed by atoms with van der Waals surface area (Å²) in [6, 6.07) is 8.64. The first-order valence-electron chi connectivity index (χ1n) is 3.14. The Labute approximate surface area is 94.4 Å². The summed E-state index contributed by atoms with van der Waals surface area (Å²) in [5, 5.41) is 0. The van der Waals surface area contributed by atoms with Crippen molar-refractivity contribution in [3.63, 3.8) is 0 Å². The van der Waals surface area contributed by atoms with Crippen molar-refractivity contribution in [1.82, 2.24) is 0 Å². The van der Waals surface area contributed by atoms with Crippen molar-refractivity contribution in [3.8, 4) is 0 Å². The van der Waals surface area contributed by atoms with Crippen molar-refractivity contribution in [3.05, 3.63) is 35.9 Å². The van der Waals surface area contributed by atoms with Gasteiger partial charge in [-0.3, -0.25) is 4.89 Å². The number of carbonyl (C=O) groups excluding carboxylic acids is 1. The molecule has 0 radical (unpaired) electrons. The molecule has 1 aromatic carbocycles. The minimum absolute atomic E-state index is 0. The van der Waals surface area contributed by atoms with Gasteiger partial charge in [-0.25, -0.2) is 4.79 Å². The van der Waals surface area contributed by atoms with Crippen molar-refractivity contribution < 1.29 is 45.6 Å². The van der Waals surface area contributed by atoms with Crippen molar-refractivity contribution in [2.24, 2.45) is 0 Å². The Morgan fingerprint density at radius 2 is 1.92 bits per heavy atom. The van der Waals surface area contributed by atoms with E-state index in [1.807, 2.05) is 6.07 Å². The van der Waals surface area contributed by atoms with E-state index >= 15 is 0 Å². The molecule has 0 saturated heterocycles. The van der Waals surface area contributed by atoms with Crippen LogP contribution < -0.4 is 29.6 Å². The van der Waals surface area contributed by atoms with E-state index in [-0.39, 0.29) is 31.0 Å². The maximum absolute atomic E-state index is 10.9. The quantitative estimate of drug-likeness (QED) is 0.313. The molecule has 0 aromatic heterocycles. The molecule has 0 aliphatic carbocycles. The zero-order valence-electron chi connectivity index (χ0n) is 8.11. The number of carbonyl (C=O) groups is 1. The average Bonchev–Trinajstić information content (AvgIpc) is 2.07. The van der Waals surface area contributed by atoms with Crippen LogP contribution in [0.4, 0.5) is 0 Å². The van der Waals surface area contributed by atoms with E-state index in [1.54, 1.807) is 24.3 Å². The molecule has 4 heteroatoms. The molecule has 0 aliphatic rings. The third kappa shape index (κ3) is 3.36. The van der Waals surface area contributed by atoms with Crippen molar-refractivity contribution in [2.75, 3.05) is 7.11 Å². The van der Waals surface area contributed by atoms with Gasteiger partial charge in [-0.2, -0.15) is 4.89 Å². The SMILES string of the molecule is COOC(=O)c1ccccc1.[H-].[Na+]. The van der Waals surface area contributed by atoms with Crippen LogP contribution >= 0.6 is 0 Å². The third-order valence-electron chi connectivity index (χ3n) is 1.17.